The summed E-state index contributed by atoms with van der Waals surface area (Å²) in [5.74, 6) is 0.816. The Morgan fingerprint density at radius 1 is 1.24 bits per heavy atom. The third-order valence-corrected chi connectivity index (χ3v) is 3.69. The van der Waals surface area contributed by atoms with E-state index in [9.17, 15) is 0 Å². The zero-order valence-corrected chi connectivity index (χ0v) is 12.2. The number of unbranched alkanes of at least 4 members (excludes halogenated alkanes) is 1. The number of rotatable bonds is 7. The minimum atomic E-state index is 0.470. The van der Waals surface area contributed by atoms with Crippen LogP contribution in [0.1, 0.15) is 59.8 Å². The van der Waals surface area contributed by atoms with Crippen LogP contribution in [0.2, 0.25) is 0 Å². The highest BCUT2D eigenvalue weighted by atomic mass is 16.5. The second-order valence-corrected chi connectivity index (χ2v) is 6.51. The fourth-order valence-corrected chi connectivity index (χ4v) is 3.11. The first-order valence-corrected chi connectivity index (χ1v) is 7.36. The van der Waals surface area contributed by atoms with Gasteiger partial charge in [0.25, 0.3) is 0 Å². The van der Waals surface area contributed by atoms with E-state index in [1.54, 1.807) is 0 Å². The van der Waals surface area contributed by atoms with Crippen molar-refractivity contribution in [3.05, 3.63) is 0 Å². The second-order valence-electron chi connectivity index (χ2n) is 6.51. The average Bonchev–Trinajstić information content (AvgIpc) is 2.20. The Kier molecular flexibility index (Phi) is 6.50. The van der Waals surface area contributed by atoms with E-state index < -0.39 is 0 Å². The molecule has 0 saturated heterocycles. The maximum Gasteiger partial charge on any atom is 0.0594 e. The summed E-state index contributed by atoms with van der Waals surface area (Å²) in [4.78, 5) is 0. The van der Waals surface area contributed by atoms with Gasteiger partial charge >= 0.3 is 0 Å². The molecule has 102 valence electrons. The molecule has 0 heterocycles. The van der Waals surface area contributed by atoms with Crippen molar-refractivity contribution in [1.29, 1.82) is 0 Å². The van der Waals surface area contributed by atoms with Crippen LogP contribution >= 0.6 is 0 Å². The lowest BCUT2D eigenvalue weighted by molar-refractivity contribution is -0.0212. The minimum absolute atomic E-state index is 0.470. The molecule has 0 aromatic heterocycles. The van der Waals surface area contributed by atoms with Crippen molar-refractivity contribution in [1.82, 2.24) is 5.32 Å². The van der Waals surface area contributed by atoms with Gasteiger partial charge in [-0.2, -0.15) is 0 Å². The number of hydrogen-bond donors (Lipinski definition) is 1. The van der Waals surface area contributed by atoms with E-state index >= 15 is 0 Å². The van der Waals surface area contributed by atoms with Crippen LogP contribution in [0.25, 0.3) is 0 Å². The van der Waals surface area contributed by atoms with Crippen LogP contribution in [-0.4, -0.2) is 25.8 Å². The highest BCUT2D eigenvalue weighted by molar-refractivity contribution is 4.83. The Balaban J connectivity index is 2.10. The van der Waals surface area contributed by atoms with Crippen molar-refractivity contribution >= 4 is 0 Å². The highest BCUT2D eigenvalue weighted by Gasteiger charge is 2.32. The molecule has 1 N–H and O–H groups in total. The fraction of sp³-hybridized carbons (Fsp3) is 1.00. The molecule has 0 aromatic rings. The van der Waals surface area contributed by atoms with Crippen LogP contribution in [0, 0.1) is 11.3 Å². The average molecular weight is 241 g/mol. The lowest BCUT2D eigenvalue weighted by Gasteiger charge is -2.38. The summed E-state index contributed by atoms with van der Waals surface area (Å²) in [5, 5.41) is 3.43. The normalized spacial score (nSPS) is 28.2. The Hall–Kier alpha value is -0.0800. The largest absolute Gasteiger partial charge is 0.377 e. The van der Waals surface area contributed by atoms with E-state index in [1.807, 2.05) is 0 Å². The van der Waals surface area contributed by atoms with E-state index in [0.29, 0.717) is 11.5 Å². The standard InChI is InChI=1S/C15H31NO/c1-5-6-7-16-8-9-17-14-10-13(2)11-15(3,4)12-14/h13-14,16H,5-12H2,1-4H3. The predicted octanol–water partition coefficient (Wildman–Crippen LogP) is 3.61. The van der Waals surface area contributed by atoms with Gasteiger partial charge in [-0.1, -0.05) is 34.1 Å². The molecule has 2 unspecified atom stereocenters. The summed E-state index contributed by atoms with van der Waals surface area (Å²) in [6, 6.07) is 0. The van der Waals surface area contributed by atoms with Gasteiger partial charge in [-0.05, 0) is 43.6 Å². The van der Waals surface area contributed by atoms with E-state index in [0.717, 1.165) is 25.6 Å². The van der Waals surface area contributed by atoms with Gasteiger partial charge in [-0.15, -0.1) is 0 Å². The van der Waals surface area contributed by atoms with Crippen molar-refractivity contribution in [3.8, 4) is 0 Å². The van der Waals surface area contributed by atoms with Gasteiger partial charge in [0, 0.05) is 6.54 Å². The summed E-state index contributed by atoms with van der Waals surface area (Å²) in [5.41, 5.74) is 0.470. The van der Waals surface area contributed by atoms with Crippen molar-refractivity contribution < 1.29 is 4.74 Å². The topological polar surface area (TPSA) is 21.3 Å². The van der Waals surface area contributed by atoms with Crippen LogP contribution in [-0.2, 0) is 4.74 Å². The molecule has 2 heteroatoms. The van der Waals surface area contributed by atoms with E-state index in [4.69, 9.17) is 4.74 Å². The summed E-state index contributed by atoms with van der Waals surface area (Å²) >= 11 is 0. The smallest absolute Gasteiger partial charge is 0.0594 e. The summed E-state index contributed by atoms with van der Waals surface area (Å²) in [6.07, 6.45) is 6.85. The molecule has 2 nitrogen and oxygen atoms in total. The molecule has 17 heavy (non-hydrogen) atoms. The molecule has 2 atom stereocenters. The molecule has 1 fully saturated rings. The third kappa shape index (κ3) is 6.42. The van der Waals surface area contributed by atoms with Crippen LogP contribution in [0.3, 0.4) is 0 Å². The van der Waals surface area contributed by atoms with Crippen LogP contribution < -0.4 is 5.32 Å². The van der Waals surface area contributed by atoms with Gasteiger partial charge in [-0.25, -0.2) is 0 Å². The Morgan fingerprint density at radius 2 is 2.00 bits per heavy atom. The predicted molar refractivity (Wildman–Crippen MR) is 74.3 cm³/mol. The molecule has 0 amide bonds. The fourth-order valence-electron chi connectivity index (χ4n) is 3.11. The van der Waals surface area contributed by atoms with Gasteiger partial charge in [0.1, 0.15) is 0 Å². The molecule has 0 bridgehead atoms. The lowest BCUT2D eigenvalue weighted by atomic mass is 9.71. The van der Waals surface area contributed by atoms with Crippen LogP contribution in [0.4, 0.5) is 0 Å². The second kappa shape index (κ2) is 7.38. The quantitative estimate of drug-likeness (QED) is 0.688. The molecular formula is C15H31NO. The van der Waals surface area contributed by atoms with E-state index in [1.165, 1.54) is 32.1 Å². The van der Waals surface area contributed by atoms with E-state index in [-0.39, 0.29) is 0 Å². The first kappa shape index (κ1) is 15.0. The molecule has 1 rings (SSSR count). The zero-order chi connectivity index (χ0) is 12.7. The first-order valence-electron chi connectivity index (χ1n) is 7.36. The zero-order valence-electron chi connectivity index (χ0n) is 12.2. The monoisotopic (exact) mass is 241 g/mol. The molecule has 1 aliphatic rings. The molecule has 0 aliphatic heterocycles. The summed E-state index contributed by atoms with van der Waals surface area (Å²) < 4.78 is 6.01. The van der Waals surface area contributed by atoms with Gasteiger partial charge < -0.3 is 10.1 Å². The van der Waals surface area contributed by atoms with Crippen LogP contribution in [0.15, 0.2) is 0 Å². The van der Waals surface area contributed by atoms with Crippen molar-refractivity contribution in [2.75, 3.05) is 19.7 Å². The number of nitrogens with one attached hydrogen (secondary N) is 1. The summed E-state index contributed by atoms with van der Waals surface area (Å²) in [7, 11) is 0. The molecule has 0 aromatic carbocycles. The summed E-state index contributed by atoms with van der Waals surface area (Å²) in [6.45, 7) is 12.3. The maximum absolute atomic E-state index is 6.01. The van der Waals surface area contributed by atoms with Crippen LogP contribution in [0.5, 0.6) is 0 Å². The van der Waals surface area contributed by atoms with Crippen molar-refractivity contribution in [3.63, 3.8) is 0 Å². The Bertz CT molecular complexity index is 203. The molecule has 0 spiro atoms. The van der Waals surface area contributed by atoms with Gasteiger partial charge in [0.05, 0.1) is 12.7 Å². The third-order valence-electron chi connectivity index (χ3n) is 3.69. The first-order chi connectivity index (χ1) is 8.03. The minimum Gasteiger partial charge on any atom is -0.377 e. The molecule has 0 radical (unpaired) electrons. The van der Waals surface area contributed by atoms with Crippen molar-refractivity contribution in [2.24, 2.45) is 11.3 Å². The van der Waals surface area contributed by atoms with Gasteiger partial charge in [-0.3, -0.25) is 0 Å². The maximum atomic E-state index is 6.01. The highest BCUT2D eigenvalue weighted by Crippen LogP contribution is 2.39. The van der Waals surface area contributed by atoms with Gasteiger partial charge in [0.15, 0.2) is 0 Å². The van der Waals surface area contributed by atoms with Gasteiger partial charge in [0.2, 0.25) is 0 Å². The number of hydrogen-bond acceptors (Lipinski definition) is 2. The SMILES string of the molecule is CCCCNCCOC1CC(C)CC(C)(C)C1. The number of ether oxygens (including phenoxy) is 1. The Morgan fingerprint density at radius 3 is 2.65 bits per heavy atom. The molecule has 1 aliphatic carbocycles. The van der Waals surface area contributed by atoms with E-state index in [2.05, 4.69) is 33.0 Å². The Labute approximate surface area is 108 Å². The molecule has 1 saturated carbocycles. The lowest BCUT2D eigenvalue weighted by Crippen LogP contribution is -2.34. The molecular weight excluding hydrogens is 210 g/mol. The van der Waals surface area contributed by atoms with Crippen molar-refractivity contribution in [2.45, 2.75) is 65.9 Å².